The molecule has 6 heteroatoms. The molecule has 0 bridgehead atoms. The molecule has 0 unspecified atom stereocenters. The zero-order chi connectivity index (χ0) is 21.3. The average molecular weight is 418 g/mol. The normalized spacial score (nSPS) is 9.55. The van der Waals surface area contributed by atoms with E-state index < -0.39 is 0 Å². The highest BCUT2D eigenvalue weighted by molar-refractivity contribution is 5.46. The largest absolute Gasteiger partial charge is 0.508 e. The minimum Gasteiger partial charge on any atom is -0.508 e. The molecule has 0 heterocycles. The number of anilines is 2. The Morgan fingerprint density at radius 1 is 0.484 bits per heavy atom. The molecular weight excluding hydrogens is 392 g/mol. The van der Waals surface area contributed by atoms with Crippen molar-refractivity contribution in [1.82, 2.24) is 0 Å². The van der Waals surface area contributed by atoms with Crippen LogP contribution in [0, 0.1) is 0 Å². The number of phenolic OH excluding ortho intramolecular Hbond substituents is 2. The van der Waals surface area contributed by atoms with E-state index in [9.17, 15) is 10.2 Å². The van der Waals surface area contributed by atoms with E-state index in [4.69, 9.17) is 20.9 Å². The van der Waals surface area contributed by atoms with E-state index in [2.05, 4.69) is 0 Å². The Morgan fingerprint density at radius 2 is 0.806 bits per heavy atom. The molecular formula is C25H26N2O4. The first kappa shape index (κ1) is 23.0. The third-order valence-electron chi connectivity index (χ3n) is 3.82. The van der Waals surface area contributed by atoms with Crippen LogP contribution in [0.4, 0.5) is 11.4 Å². The zero-order valence-corrected chi connectivity index (χ0v) is 16.1. The van der Waals surface area contributed by atoms with Gasteiger partial charge in [-0.05, 0) is 48.5 Å². The van der Waals surface area contributed by atoms with Gasteiger partial charge in [-0.15, -0.1) is 0 Å². The molecule has 0 aliphatic carbocycles. The lowest BCUT2D eigenvalue weighted by Gasteiger charge is -2.06. The van der Waals surface area contributed by atoms with Crippen LogP contribution in [0.15, 0.2) is 97.1 Å². The highest BCUT2D eigenvalue weighted by Gasteiger charge is 1.99. The second-order valence-corrected chi connectivity index (χ2v) is 6.34. The van der Waals surface area contributed by atoms with E-state index in [1.807, 2.05) is 12.1 Å². The lowest BCUT2D eigenvalue weighted by atomic mass is 10.3. The van der Waals surface area contributed by atoms with Crippen LogP contribution in [0.3, 0.4) is 0 Å². The van der Waals surface area contributed by atoms with E-state index in [1.54, 1.807) is 84.9 Å². The number of nitrogen functional groups attached to an aromatic ring is 2. The van der Waals surface area contributed by atoms with Gasteiger partial charge in [0.05, 0.1) is 0 Å². The van der Waals surface area contributed by atoms with Crippen molar-refractivity contribution < 1.29 is 19.7 Å². The highest BCUT2D eigenvalue weighted by Crippen LogP contribution is 2.26. The van der Waals surface area contributed by atoms with Gasteiger partial charge in [-0.25, -0.2) is 0 Å². The third kappa shape index (κ3) is 7.55. The molecule has 0 aromatic heterocycles. The van der Waals surface area contributed by atoms with Crippen LogP contribution >= 0.6 is 0 Å². The maximum Gasteiger partial charge on any atom is 0.131 e. The molecule has 160 valence electrons. The molecule has 0 aliphatic rings. The van der Waals surface area contributed by atoms with Crippen LogP contribution in [0.1, 0.15) is 7.43 Å². The summed E-state index contributed by atoms with van der Waals surface area (Å²) in [6.45, 7) is 0. The Bertz CT molecular complexity index is 940. The number of nitrogens with two attached hydrogens (primary N) is 2. The van der Waals surface area contributed by atoms with E-state index in [0.717, 1.165) is 0 Å². The number of rotatable bonds is 4. The van der Waals surface area contributed by atoms with Gasteiger partial charge in [-0.1, -0.05) is 31.7 Å². The van der Waals surface area contributed by atoms with Crippen molar-refractivity contribution in [2.45, 2.75) is 7.43 Å². The van der Waals surface area contributed by atoms with Gasteiger partial charge in [-0.3, -0.25) is 0 Å². The van der Waals surface area contributed by atoms with E-state index in [0.29, 0.717) is 34.4 Å². The maximum absolute atomic E-state index is 9.24. The first-order chi connectivity index (χ1) is 14.5. The second-order valence-electron chi connectivity index (χ2n) is 6.34. The van der Waals surface area contributed by atoms with Crippen molar-refractivity contribution in [3.8, 4) is 34.5 Å². The molecule has 0 fully saturated rings. The van der Waals surface area contributed by atoms with E-state index in [1.165, 1.54) is 0 Å². The minimum atomic E-state index is 0. The summed E-state index contributed by atoms with van der Waals surface area (Å²) >= 11 is 0. The van der Waals surface area contributed by atoms with Crippen molar-refractivity contribution >= 4 is 11.4 Å². The third-order valence-corrected chi connectivity index (χ3v) is 3.82. The fraction of sp³-hybridized carbons (Fsp3) is 0.0400. The molecule has 0 spiro atoms. The molecule has 6 nitrogen and oxygen atoms in total. The lowest BCUT2D eigenvalue weighted by molar-refractivity contribution is 0.454. The average Bonchev–Trinajstić information content (AvgIpc) is 2.69. The quantitative estimate of drug-likeness (QED) is 0.295. The number of hydrogen-bond acceptors (Lipinski definition) is 6. The summed E-state index contributed by atoms with van der Waals surface area (Å²) in [5.74, 6) is 2.83. The van der Waals surface area contributed by atoms with Crippen molar-refractivity contribution in [2.75, 3.05) is 11.5 Å². The summed E-state index contributed by atoms with van der Waals surface area (Å²) in [4.78, 5) is 0. The molecule has 0 aliphatic heterocycles. The molecule has 4 rings (SSSR count). The van der Waals surface area contributed by atoms with Crippen molar-refractivity contribution in [1.29, 1.82) is 0 Å². The smallest absolute Gasteiger partial charge is 0.131 e. The summed E-state index contributed by atoms with van der Waals surface area (Å²) in [6.07, 6.45) is 0. The molecule has 0 atom stereocenters. The van der Waals surface area contributed by atoms with Crippen molar-refractivity contribution in [2.24, 2.45) is 0 Å². The fourth-order valence-corrected chi connectivity index (χ4v) is 2.52. The van der Waals surface area contributed by atoms with Gasteiger partial charge in [0.2, 0.25) is 0 Å². The van der Waals surface area contributed by atoms with Crippen LogP contribution in [-0.2, 0) is 0 Å². The number of benzene rings is 4. The van der Waals surface area contributed by atoms with Gasteiger partial charge >= 0.3 is 0 Å². The predicted molar refractivity (Wildman–Crippen MR) is 125 cm³/mol. The van der Waals surface area contributed by atoms with Gasteiger partial charge in [-0.2, -0.15) is 0 Å². The SMILES string of the molecule is C.Nc1cccc(Oc2cccc(O)c2)c1.Nc1cccc(Oc2cccc(O)c2)c1. The van der Waals surface area contributed by atoms with Gasteiger partial charge in [0.1, 0.15) is 34.5 Å². The monoisotopic (exact) mass is 418 g/mol. The molecule has 31 heavy (non-hydrogen) atoms. The van der Waals surface area contributed by atoms with Crippen LogP contribution < -0.4 is 20.9 Å². The van der Waals surface area contributed by atoms with Gasteiger partial charge in [0, 0.05) is 35.6 Å². The Labute approximate surface area is 181 Å². The molecule has 4 aromatic rings. The molecule has 0 saturated carbocycles. The highest BCUT2D eigenvalue weighted by atomic mass is 16.5. The summed E-state index contributed by atoms with van der Waals surface area (Å²) in [5.41, 5.74) is 12.5. The van der Waals surface area contributed by atoms with Gasteiger partial charge in [0.25, 0.3) is 0 Å². The topological polar surface area (TPSA) is 111 Å². The van der Waals surface area contributed by atoms with E-state index >= 15 is 0 Å². The fourth-order valence-electron chi connectivity index (χ4n) is 2.52. The van der Waals surface area contributed by atoms with Gasteiger partial charge in [0.15, 0.2) is 0 Å². The van der Waals surface area contributed by atoms with Crippen molar-refractivity contribution in [3.63, 3.8) is 0 Å². The van der Waals surface area contributed by atoms with E-state index in [-0.39, 0.29) is 18.9 Å². The number of aromatic hydroxyl groups is 2. The molecule has 4 aromatic carbocycles. The zero-order valence-electron chi connectivity index (χ0n) is 16.1. The van der Waals surface area contributed by atoms with Gasteiger partial charge < -0.3 is 31.2 Å². The van der Waals surface area contributed by atoms with Crippen LogP contribution in [0.25, 0.3) is 0 Å². The summed E-state index contributed by atoms with van der Waals surface area (Å²) in [7, 11) is 0. The Morgan fingerprint density at radius 3 is 1.13 bits per heavy atom. The standard InChI is InChI=1S/2C12H11NO2.CH4/c2*13-9-3-1-5-11(7-9)15-12-6-2-4-10(14)8-12;/h2*1-8,14H,13H2;1H4. The number of ether oxygens (including phenoxy) is 2. The lowest BCUT2D eigenvalue weighted by Crippen LogP contribution is -1.87. The first-order valence-electron chi connectivity index (χ1n) is 9.13. The summed E-state index contributed by atoms with van der Waals surface area (Å²) in [6, 6.07) is 27.5. The molecule has 0 amide bonds. The Balaban J connectivity index is 0.000000213. The van der Waals surface area contributed by atoms with Crippen LogP contribution in [-0.4, -0.2) is 10.2 Å². The number of hydrogen-bond donors (Lipinski definition) is 4. The molecule has 6 N–H and O–H groups in total. The number of phenols is 2. The second kappa shape index (κ2) is 11.0. The maximum atomic E-state index is 9.24. The predicted octanol–water partition coefficient (Wildman–Crippen LogP) is 6.17. The molecule has 0 saturated heterocycles. The molecule has 0 radical (unpaired) electrons. The summed E-state index contributed by atoms with van der Waals surface area (Å²) in [5, 5.41) is 18.5. The van der Waals surface area contributed by atoms with Crippen LogP contribution in [0.2, 0.25) is 0 Å². The Kier molecular flexibility index (Phi) is 8.16. The minimum absolute atomic E-state index is 0. The first-order valence-corrected chi connectivity index (χ1v) is 9.13. The summed E-state index contributed by atoms with van der Waals surface area (Å²) < 4.78 is 11.0. The van der Waals surface area contributed by atoms with Crippen LogP contribution in [0.5, 0.6) is 34.5 Å². The Hall–Kier alpha value is -4.32. The van der Waals surface area contributed by atoms with Crippen molar-refractivity contribution in [3.05, 3.63) is 97.1 Å².